The Morgan fingerprint density at radius 2 is 0.962 bits per heavy atom. The van der Waals surface area contributed by atoms with Crippen molar-refractivity contribution in [2.45, 2.75) is 51.8 Å². The van der Waals surface area contributed by atoms with E-state index in [1.165, 1.54) is 65.0 Å². The third kappa shape index (κ3) is 15.2. The van der Waals surface area contributed by atoms with Crippen LogP contribution < -0.4 is 29.6 Å². The molecule has 0 radical (unpaired) electrons. The van der Waals surface area contributed by atoms with E-state index in [4.69, 9.17) is 14.2 Å². The molecule has 79 heavy (non-hydrogen) atoms. The predicted octanol–water partition coefficient (Wildman–Crippen LogP) is 14.5. The van der Waals surface area contributed by atoms with Crippen LogP contribution in [-0.4, -0.2) is 81.1 Å². The number of rotatable bonds is 16. The first-order valence-electron chi connectivity index (χ1n) is 22.6. The van der Waals surface area contributed by atoms with Crippen molar-refractivity contribution in [2.75, 3.05) is 30.8 Å². The van der Waals surface area contributed by atoms with Gasteiger partial charge in [0.1, 0.15) is 23.0 Å². The third-order valence-corrected chi connectivity index (χ3v) is 11.0. The molecule has 3 N–H and O–H groups in total. The lowest BCUT2D eigenvalue weighted by Crippen LogP contribution is -2.17. The normalized spacial score (nSPS) is 12.0. The molecule has 0 bridgehead atoms. The second-order valence-electron chi connectivity index (χ2n) is 16.8. The Kier molecular flexibility index (Phi) is 16.8. The van der Waals surface area contributed by atoms with Crippen LogP contribution in [0, 0.1) is 25.5 Å². The number of aromatic nitrogens is 4. The van der Waals surface area contributed by atoms with Crippen LogP contribution in [0.2, 0.25) is 0 Å². The molecule has 0 atom stereocenters. The number of imidazole rings is 2. The fourth-order valence-corrected chi connectivity index (χ4v) is 7.60. The van der Waals surface area contributed by atoms with Gasteiger partial charge in [-0.15, -0.1) is 26.3 Å². The molecule has 0 aliphatic rings. The van der Waals surface area contributed by atoms with E-state index in [2.05, 4.69) is 30.1 Å². The van der Waals surface area contributed by atoms with Crippen LogP contribution in [0.5, 0.6) is 34.5 Å². The second-order valence-corrected chi connectivity index (χ2v) is 16.8. The number of carbonyl (C=O) groups excluding carboxylic acids is 1. The third-order valence-electron chi connectivity index (χ3n) is 11.0. The molecule has 0 amide bonds. The number of benzene rings is 4. The number of carbonyl (C=O) groups is 2. The molecular weight excluding hydrogens is 1090 g/mol. The van der Waals surface area contributed by atoms with Crippen LogP contribution in [0.25, 0.3) is 33.8 Å². The number of anilines is 2. The van der Waals surface area contributed by atoms with Crippen LogP contribution in [0.1, 0.15) is 44.7 Å². The van der Waals surface area contributed by atoms with Gasteiger partial charge in [0.15, 0.2) is 34.4 Å². The molecule has 0 aliphatic heterocycles. The minimum absolute atomic E-state index is 0.00745. The van der Waals surface area contributed by atoms with Gasteiger partial charge in [0, 0.05) is 48.5 Å². The zero-order valence-corrected chi connectivity index (χ0v) is 40.6. The van der Waals surface area contributed by atoms with Gasteiger partial charge < -0.3 is 39.4 Å². The summed E-state index contributed by atoms with van der Waals surface area (Å²) >= 11 is 0. The molecule has 418 valence electrons. The van der Waals surface area contributed by atoms with Crippen molar-refractivity contribution < 1.29 is 99.8 Å². The average Bonchev–Trinajstić information content (AvgIpc) is 4.24. The van der Waals surface area contributed by atoms with Crippen molar-refractivity contribution in [1.29, 1.82) is 0 Å². The molecule has 14 nitrogen and oxygen atoms in total. The van der Waals surface area contributed by atoms with Crippen LogP contribution in [0.4, 0.5) is 72.8 Å². The first-order valence-corrected chi connectivity index (χ1v) is 22.6. The number of aromatic carboxylic acids is 1. The molecule has 0 unspecified atom stereocenters. The topological polar surface area (TPSA) is 159 Å². The van der Waals surface area contributed by atoms with Crippen molar-refractivity contribution in [2.24, 2.45) is 0 Å². The average molecular weight is 1130 g/mol. The van der Waals surface area contributed by atoms with E-state index in [0.717, 1.165) is 18.2 Å². The lowest BCUT2D eigenvalue weighted by molar-refractivity contribution is -0.276. The number of nitrogens with one attached hydrogen (secondary N) is 2. The van der Waals surface area contributed by atoms with E-state index in [1.807, 2.05) is 0 Å². The quantitative estimate of drug-likeness (QED) is 0.0622. The molecule has 0 saturated carbocycles. The maximum Gasteiger partial charge on any atom is 0.573 e. The van der Waals surface area contributed by atoms with Crippen LogP contribution in [0.3, 0.4) is 0 Å². The minimum Gasteiger partial charge on any atom is -0.478 e. The minimum atomic E-state index is -5.11. The summed E-state index contributed by atoms with van der Waals surface area (Å²) in [5.41, 5.74) is 4.18. The summed E-state index contributed by atoms with van der Waals surface area (Å²) < 4.78 is 206. The zero-order valence-electron chi connectivity index (χ0n) is 40.6. The van der Waals surface area contributed by atoms with Gasteiger partial charge in [0.25, 0.3) is 0 Å². The highest BCUT2D eigenvalue weighted by molar-refractivity contribution is 5.92. The Morgan fingerprint density at radius 3 is 1.30 bits per heavy atom. The highest BCUT2D eigenvalue weighted by Crippen LogP contribution is 2.37. The summed E-state index contributed by atoms with van der Waals surface area (Å²) in [6.45, 7) is 2.29. The number of alkyl halides is 12. The number of methoxy groups -OCH3 is 1. The Labute approximate surface area is 435 Å². The molecular formula is C51H38F14N6O8. The van der Waals surface area contributed by atoms with Crippen molar-refractivity contribution in [3.05, 3.63) is 144 Å². The number of carboxylic acids is 1. The molecule has 0 spiro atoms. The molecule has 0 aliphatic carbocycles. The van der Waals surface area contributed by atoms with Crippen molar-refractivity contribution in [1.82, 2.24) is 18.8 Å². The maximum atomic E-state index is 14.2. The summed E-state index contributed by atoms with van der Waals surface area (Å²) in [5.74, 6) is -6.92. The summed E-state index contributed by atoms with van der Waals surface area (Å²) in [6, 6.07) is 16.8. The molecule has 8 aromatic rings. The first-order chi connectivity index (χ1) is 36.9. The van der Waals surface area contributed by atoms with Crippen LogP contribution >= 0.6 is 0 Å². The maximum absolute atomic E-state index is 14.2. The molecule has 4 heterocycles. The number of nitrogens with zero attached hydrogens (tertiary/aromatic N) is 4. The largest absolute Gasteiger partial charge is 0.573 e. The van der Waals surface area contributed by atoms with E-state index < -0.39 is 86.1 Å². The van der Waals surface area contributed by atoms with Gasteiger partial charge in [-0.3, -0.25) is 8.80 Å². The zero-order chi connectivity index (χ0) is 57.8. The van der Waals surface area contributed by atoms with Gasteiger partial charge in [-0.2, -0.15) is 26.3 Å². The van der Waals surface area contributed by atoms with Crippen molar-refractivity contribution in [3.63, 3.8) is 0 Å². The lowest BCUT2D eigenvalue weighted by Gasteiger charge is -2.15. The Morgan fingerprint density at radius 1 is 0.557 bits per heavy atom. The van der Waals surface area contributed by atoms with Crippen molar-refractivity contribution in [3.8, 4) is 57.0 Å². The fraction of sp³-hybridized carbons (Fsp3) is 0.216. The molecule has 4 aromatic carbocycles. The summed E-state index contributed by atoms with van der Waals surface area (Å²) in [7, 11) is 1.25. The van der Waals surface area contributed by atoms with E-state index in [1.54, 1.807) is 38.1 Å². The molecule has 0 saturated heterocycles. The highest BCUT2D eigenvalue weighted by Gasteiger charge is 2.34. The number of aryl methyl sites for hydroxylation is 2. The van der Waals surface area contributed by atoms with Crippen LogP contribution in [0.15, 0.2) is 110 Å². The van der Waals surface area contributed by atoms with Gasteiger partial charge in [-0.1, -0.05) is 12.1 Å². The number of esters is 1. The highest BCUT2D eigenvalue weighted by atomic mass is 19.4. The SMILES string of the molecule is COC(=O)c1ccc(-c2cnc3c(NCCC(F)(F)F)cc(Oc4ccc(OC(F)(F)F)c(F)c4)cn23)cc1C.Cc1cc(-c2cnc3c(NCCC(F)(F)F)cc(Oc4ccc(OC(F)(F)F)c(F)c4)cn23)ccc1C(=O)O. The van der Waals surface area contributed by atoms with Gasteiger partial charge in [-0.05, 0) is 73.5 Å². The number of ether oxygens (including phenoxy) is 5. The number of halogens is 14. The monoisotopic (exact) mass is 1130 g/mol. The standard InChI is InChI=1S/C26H20F7N3O4.C25H18F7N3O4/c1-14-9-15(3-5-18(14)24(37)38-2)21-12-35-23-20(34-8-7-25(28,29)30)11-17(13-36(21)23)39-16-4-6-22(19(27)10-16)40-26(31,32)33;1-13-8-14(2-4-17(13)23(36)37)20-11-34-22-19(33-7-6-24(27,28)29)10-16(12-35(20)22)38-15-3-5-21(18(26)9-15)39-25(30,31)32/h3-6,9-13,34H,7-8H2,1-2H3;2-5,8-12,33H,6-7H2,1H3,(H,36,37). The fourth-order valence-electron chi connectivity index (χ4n) is 7.60. The summed E-state index contributed by atoms with van der Waals surface area (Å²) in [4.78, 5) is 31.9. The lowest BCUT2D eigenvalue weighted by atomic mass is 10.0. The smallest absolute Gasteiger partial charge is 0.478 e. The summed E-state index contributed by atoms with van der Waals surface area (Å²) in [6.07, 6.45) is -15.7. The second kappa shape index (κ2) is 22.9. The number of fused-ring (bicyclic) bond motifs is 2. The van der Waals surface area contributed by atoms with Gasteiger partial charge in [0.05, 0.1) is 78.6 Å². The Hall–Kier alpha value is -8.98. The number of hydrogen-bond acceptors (Lipinski definition) is 11. The van der Waals surface area contributed by atoms with Crippen LogP contribution in [-0.2, 0) is 4.74 Å². The van der Waals surface area contributed by atoms with Gasteiger partial charge >= 0.3 is 37.0 Å². The first kappa shape index (κ1) is 57.7. The van der Waals surface area contributed by atoms with Gasteiger partial charge in [-0.25, -0.2) is 28.3 Å². The van der Waals surface area contributed by atoms with E-state index in [9.17, 15) is 76.2 Å². The van der Waals surface area contributed by atoms with Crippen molar-refractivity contribution >= 4 is 34.6 Å². The Bertz CT molecular complexity index is 3540. The van der Waals surface area contributed by atoms with Gasteiger partial charge in [0.2, 0.25) is 0 Å². The summed E-state index contributed by atoms with van der Waals surface area (Å²) in [5, 5.41) is 14.6. The number of hydrogen-bond donors (Lipinski definition) is 3. The number of carboxylic acid groups (broad SMARTS) is 1. The van der Waals surface area contributed by atoms with E-state index in [-0.39, 0.29) is 51.2 Å². The van der Waals surface area contributed by atoms with E-state index in [0.29, 0.717) is 57.4 Å². The van der Waals surface area contributed by atoms with E-state index >= 15 is 0 Å². The predicted molar refractivity (Wildman–Crippen MR) is 254 cm³/mol. The molecule has 28 heteroatoms. The Balaban J connectivity index is 0.000000229. The number of pyridine rings is 2. The molecule has 0 fully saturated rings. The molecule has 8 rings (SSSR count). The molecule has 4 aromatic heterocycles.